The Morgan fingerprint density at radius 3 is 2.55 bits per heavy atom. The molecule has 204 valence electrons. The molecule has 0 aliphatic carbocycles. The SMILES string of the molecule is CCCN(CCC)C(=O)C1=Cc2c(F)cc(-c3ccc4c(=O)n(Cc5ncccn5)ncc4c3)cc2N=C(N)C1. The highest BCUT2D eigenvalue weighted by atomic mass is 19.1. The van der Waals surface area contributed by atoms with Gasteiger partial charge < -0.3 is 10.6 Å². The molecule has 0 saturated heterocycles. The van der Waals surface area contributed by atoms with Crippen molar-refractivity contribution in [3.8, 4) is 11.1 Å². The number of hydrogen-bond donors (Lipinski definition) is 1. The third-order valence-electron chi connectivity index (χ3n) is 6.71. The lowest BCUT2D eigenvalue weighted by molar-refractivity contribution is -0.127. The number of nitrogens with two attached hydrogens (primary N) is 1. The zero-order valence-corrected chi connectivity index (χ0v) is 22.5. The molecule has 2 N–H and O–H groups in total. The summed E-state index contributed by atoms with van der Waals surface area (Å²) in [5.74, 6) is 0.0687. The highest BCUT2D eigenvalue weighted by Gasteiger charge is 2.23. The fraction of sp³-hybridized carbons (Fsp3) is 0.267. The normalized spacial score (nSPS) is 12.9. The summed E-state index contributed by atoms with van der Waals surface area (Å²) in [6, 6.07) is 10.1. The van der Waals surface area contributed by atoms with Gasteiger partial charge in [-0.05, 0) is 60.4 Å². The van der Waals surface area contributed by atoms with E-state index in [2.05, 4.69) is 20.1 Å². The number of aromatic nitrogens is 4. The summed E-state index contributed by atoms with van der Waals surface area (Å²) >= 11 is 0. The highest BCUT2D eigenvalue weighted by Crippen LogP contribution is 2.35. The number of rotatable bonds is 8. The Morgan fingerprint density at radius 1 is 1.07 bits per heavy atom. The van der Waals surface area contributed by atoms with E-state index in [0.717, 1.165) is 12.8 Å². The maximum atomic E-state index is 15.5. The standard InChI is InChI=1S/C30H30FN7O2/c1-3-10-37(11-4-2)29(39)21-13-24-25(31)14-20(15-26(24)36-27(32)16-21)19-6-7-23-22(12-19)17-35-38(30(23)40)18-28-33-8-5-9-34-28/h5-9,12-15,17H,3-4,10-11,16,18H2,1-2H3,(H2,32,36). The minimum absolute atomic E-state index is 0.147. The van der Waals surface area contributed by atoms with E-state index >= 15 is 4.39 Å². The summed E-state index contributed by atoms with van der Waals surface area (Å²) < 4.78 is 16.8. The van der Waals surface area contributed by atoms with Gasteiger partial charge in [-0.2, -0.15) is 5.10 Å². The number of nitrogens with zero attached hydrogens (tertiary/aromatic N) is 6. The molecular formula is C30H30FN7O2. The number of halogens is 1. The maximum Gasteiger partial charge on any atom is 0.275 e. The van der Waals surface area contributed by atoms with E-state index in [9.17, 15) is 9.59 Å². The molecule has 2 aromatic heterocycles. The van der Waals surface area contributed by atoms with Crippen LogP contribution < -0.4 is 11.3 Å². The first-order valence-electron chi connectivity index (χ1n) is 13.3. The fourth-order valence-electron chi connectivity index (χ4n) is 4.84. The van der Waals surface area contributed by atoms with Gasteiger partial charge >= 0.3 is 0 Å². The van der Waals surface area contributed by atoms with Gasteiger partial charge in [0.05, 0.1) is 17.3 Å². The summed E-state index contributed by atoms with van der Waals surface area (Å²) in [5.41, 5.74) is 8.17. The van der Waals surface area contributed by atoms with Crippen LogP contribution in [0.4, 0.5) is 10.1 Å². The van der Waals surface area contributed by atoms with Crippen LogP contribution in [0.25, 0.3) is 28.0 Å². The van der Waals surface area contributed by atoms with Crippen molar-refractivity contribution in [2.24, 2.45) is 10.7 Å². The van der Waals surface area contributed by atoms with Gasteiger partial charge in [0.1, 0.15) is 24.0 Å². The number of hydrogen-bond acceptors (Lipinski definition) is 7. The molecule has 0 radical (unpaired) electrons. The number of amidine groups is 1. The summed E-state index contributed by atoms with van der Waals surface area (Å²) in [4.78, 5) is 40.8. The van der Waals surface area contributed by atoms with Crippen molar-refractivity contribution in [2.75, 3.05) is 13.1 Å². The molecule has 0 bridgehead atoms. The molecule has 4 aromatic rings. The molecule has 0 atom stereocenters. The lowest BCUT2D eigenvalue weighted by atomic mass is 9.98. The molecule has 2 aromatic carbocycles. The van der Waals surface area contributed by atoms with Crippen LogP contribution in [-0.2, 0) is 11.3 Å². The van der Waals surface area contributed by atoms with E-state index in [-0.39, 0.29) is 35.8 Å². The Balaban J connectivity index is 1.50. The third kappa shape index (κ3) is 5.51. The molecule has 5 rings (SSSR count). The van der Waals surface area contributed by atoms with E-state index in [1.807, 2.05) is 13.8 Å². The van der Waals surface area contributed by atoms with Crippen LogP contribution in [0.2, 0.25) is 0 Å². The molecule has 1 aliphatic heterocycles. The third-order valence-corrected chi connectivity index (χ3v) is 6.71. The van der Waals surface area contributed by atoms with Crippen LogP contribution in [0.15, 0.2) is 70.3 Å². The Hall–Kier alpha value is -4.73. The van der Waals surface area contributed by atoms with Crippen molar-refractivity contribution in [1.29, 1.82) is 0 Å². The van der Waals surface area contributed by atoms with Crippen LogP contribution in [0.3, 0.4) is 0 Å². The molecule has 1 amide bonds. The van der Waals surface area contributed by atoms with Gasteiger partial charge in [-0.1, -0.05) is 19.9 Å². The number of carbonyl (C=O) groups is 1. The lowest BCUT2D eigenvalue weighted by Crippen LogP contribution is -2.34. The molecule has 0 spiro atoms. The number of benzene rings is 2. The van der Waals surface area contributed by atoms with Crippen molar-refractivity contribution in [2.45, 2.75) is 39.7 Å². The second kappa shape index (κ2) is 11.6. The van der Waals surface area contributed by atoms with Crippen molar-refractivity contribution in [3.05, 3.63) is 88.1 Å². The lowest BCUT2D eigenvalue weighted by Gasteiger charge is -2.22. The first-order valence-corrected chi connectivity index (χ1v) is 13.3. The molecule has 3 heterocycles. The molecule has 0 fully saturated rings. The van der Waals surface area contributed by atoms with Crippen LogP contribution in [0.1, 0.15) is 44.5 Å². The number of amides is 1. The van der Waals surface area contributed by atoms with Gasteiger partial charge in [-0.25, -0.2) is 24.0 Å². The first kappa shape index (κ1) is 26.9. The fourth-order valence-corrected chi connectivity index (χ4v) is 4.84. The average molecular weight is 540 g/mol. The van der Waals surface area contributed by atoms with Gasteiger partial charge in [-0.3, -0.25) is 9.59 Å². The second-order valence-electron chi connectivity index (χ2n) is 9.71. The Bertz CT molecular complexity index is 1690. The minimum Gasteiger partial charge on any atom is -0.387 e. The Labute approximate surface area is 230 Å². The highest BCUT2D eigenvalue weighted by molar-refractivity contribution is 6.05. The molecule has 40 heavy (non-hydrogen) atoms. The van der Waals surface area contributed by atoms with Crippen LogP contribution in [0, 0.1) is 5.82 Å². The van der Waals surface area contributed by atoms with Gasteiger partial charge in [0.2, 0.25) is 5.91 Å². The van der Waals surface area contributed by atoms with Gasteiger partial charge in [0, 0.05) is 48.4 Å². The van der Waals surface area contributed by atoms with Crippen LogP contribution in [-0.4, -0.2) is 49.5 Å². The average Bonchev–Trinajstić information content (AvgIpc) is 3.13. The number of aliphatic imine (C=N–C) groups is 1. The Kier molecular flexibility index (Phi) is 7.77. The molecular weight excluding hydrogens is 509 g/mol. The maximum absolute atomic E-state index is 15.5. The van der Waals surface area contributed by atoms with E-state index in [1.165, 1.54) is 10.7 Å². The van der Waals surface area contributed by atoms with E-state index in [4.69, 9.17) is 5.73 Å². The van der Waals surface area contributed by atoms with E-state index in [1.54, 1.807) is 59.9 Å². The van der Waals surface area contributed by atoms with Crippen molar-refractivity contribution >= 4 is 34.3 Å². The predicted octanol–water partition coefficient (Wildman–Crippen LogP) is 4.47. The van der Waals surface area contributed by atoms with Crippen molar-refractivity contribution in [1.82, 2.24) is 24.6 Å². The minimum atomic E-state index is -0.509. The topological polar surface area (TPSA) is 119 Å². The van der Waals surface area contributed by atoms with Crippen LogP contribution in [0.5, 0.6) is 0 Å². The monoisotopic (exact) mass is 539 g/mol. The quantitative estimate of drug-likeness (QED) is 0.353. The molecule has 1 aliphatic rings. The van der Waals surface area contributed by atoms with Crippen molar-refractivity contribution < 1.29 is 9.18 Å². The van der Waals surface area contributed by atoms with E-state index < -0.39 is 5.82 Å². The summed E-state index contributed by atoms with van der Waals surface area (Å²) in [6.07, 6.45) is 8.19. The Morgan fingerprint density at radius 2 is 1.82 bits per heavy atom. The summed E-state index contributed by atoms with van der Waals surface area (Å²) in [7, 11) is 0. The summed E-state index contributed by atoms with van der Waals surface area (Å²) in [5, 5.41) is 5.37. The molecule has 10 heteroatoms. The summed E-state index contributed by atoms with van der Waals surface area (Å²) in [6.45, 7) is 5.43. The second-order valence-corrected chi connectivity index (χ2v) is 9.71. The zero-order chi connectivity index (χ0) is 28.2. The van der Waals surface area contributed by atoms with E-state index in [0.29, 0.717) is 52.1 Å². The first-order chi connectivity index (χ1) is 19.4. The van der Waals surface area contributed by atoms with Crippen molar-refractivity contribution in [3.63, 3.8) is 0 Å². The number of carbonyl (C=O) groups excluding carboxylic acids is 1. The van der Waals surface area contributed by atoms with Gasteiger partial charge in [0.25, 0.3) is 5.56 Å². The predicted molar refractivity (Wildman–Crippen MR) is 154 cm³/mol. The van der Waals surface area contributed by atoms with Gasteiger partial charge in [-0.15, -0.1) is 0 Å². The molecule has 0 unspecified atom stereocenters. The zero-order valence-electron chi connectivity index (χ0n) is 22.5. The number of fused-ring (bicyclic) bond motifs is 2. The molecule has 9 nitrogen and oxygen atoms in total. The molecule has 0 saturated carbocycles. The smallest absolute Gasteiger partial charge is 0.275 e. The van der Waals surface area contributed by atoms with Crippen LogP contribution >= 0.6 is 0 Å². The van der Waals surface area contributed by atoms with Gasteiger partial charge in [0.15, 0.2) is 0 Å². The largest absolute Gasteiger partial charge is 0.387 e.